The van der Waals surface area contributed by atoms with E-state index in [-0.39, 0.29) is 37.1 Å². The van der Waals surface area contributed by atoms with Gasteiger partial charge in [0.15, 0.2) is 0 Å². The van der Waals surface area contributed by atoms with Gasteiger partial charge in [0.05, 0.1) is 17.9 Å². The minimum absolute atomic E-state index is 0.0941. The summed E-state index contributed by atoms with van der Waals surface area (Å²) in [5.41, 5.74) is -0.896. The summed E-state index contributed by atoms with van der Waals surface area (Å²) in [7, 11) is 0. The van der Waals surface area contributed by atoms with E-state index in [4.69, 9.17) is 0 Å². The fraction of sp³-hybridized carbons (Fsp3) is 0.958. The first-order valence-corrected chi connectivity index (χ1v) is 12.7. The van der Waals surface area contributed by atoms with Crippen molar-refractivity contribution >= 4 is 5.91 Å². The van der Waals surface area contributed by atoms with E-state index in [0.29, 0.717) is 0 Å². The summed E-state index contributed by atoms with van der Waals surface area (Å²) in [5, 5.41) is 6.33. The summed E-state index contributed by atoms with van der Waals surface area (Å²) in [4.78, 5) is 15.7. The van der Waals surface area contributed by atoms with Crippen molar-refractivity contribution in [2.24, 2.45) is 23.7 Å². The minimum Gasteiger partial charge on any atom is -0.350 e. The number of hydrogen-bond acceptors (Lipinski definition) is 3. The maximum absolute atomic E-state index is 13.5. The summed E-state index contributed by atoms with van der Waals surface area (Å²) in [6, 6.07) is -0.307. The zero-order valence-electron chi connectivity index (χ0n) is 20.2. The Balaban J connectivity index is 1.70. The van der Waals surface area contributed by atoms with Gasteiger partial charge in [-0.05, 0) is 64.2 Å². The van der Waals surface area contributed by atoms with E-state index in [9.17, 15) is 31.1 Å². The zero-order valence-corrected chi connectivity index (χ0v) is 20.2. The molecule has 1 heterocycles. The smallest absolute Gasteiger partial charge is 0.350 e. The van der Waals surface area contributed by atoms with Crippen molar-refractivity contribution in [1.29, 1.82) is 0 Å². The van der Waals surface area contributed by atoms with Crippen LogP contribution >= 0.6 is 0 Å². The summed E-state index contributed by atoms with van der Waals surface area (Å²) < 4.78 is 80.3. The number of carbonyl (C=O) groups is 1. The predicted molar refractivity (Wildman–Crippen MR) is 118 cm³/mol. The average Bonchev–Trinajstić information content (AvgIpc) is 2.73. The Bertz CT molecular complexity index is 629. The molecule has 0 spiro atoms. The number of hydrogen-bond donors (Lipinski definition) is 2. The summed E-state index contributed by atoms with van der Waals surface area (Å²) in [6.07, 6.45) is -5.52. The summed E-state index contributed by atoms with van der Waals surface area (Å²) in [6.45, 7) is 6.52. The normalized spacial score (nSPS) is 29.6. The van der Waals surface area contributed by atoms with Crippen LogP contribution in [0.2, 0.25) is 0 Å². The molecule has 0 aromatic rings. The van der Waals surface area contributed by atoms with Gasteiger partial charge in [-0.15, -0.1) is 0 Å². The van der Waals surface area contributed by atoms with Crippen molar-refractivity contribution < 1.29 is 31.1 Å². The van der Waals surface area contributed by atoms with Gasteiger partial charge in [-0.1, -0.05) is 19.3 Å². The second kappa shape index (κ2) is 10.9. The molecular formula is C24H39F6N3O. The van der Waals surface area contributed by atoms with E-state index >= 15 is 0 Å². The molecular weight excluding hydrogens is 460 g/mol. The van der Waals surface area contributed by atoms with E-state index in [2.05, 4.69) is 15.5 Å². The van der Waals surface area contributed by atoms with E-state index in [0.717, 1.165) is 58.3 Å². The van der Waals surface area contributed by atoms with Gasteiger partial charge in [0.2, 0.25) is 5.91 Å². The molecule has 2 N–H and O–H groups in total. The van der Waals surface area contributed by atoms with Crippen molar-refractivity contribution in [3.63, 3.8) is 0 Å². The molecule has 0 bridgehead atoms. The van der Waals surface area contributed by atoms with Gasteiger partial charge in [0, 0.05) is 31.7 Å². The van der Waals surface area contributed by atoms with E-state index in [1.54, 1.807) is 13.8 Å². The first-order valence-electron chi connectivity index (χ1n) is 12.7. The van der Waals surface area contributed by atoms with E-state index < -0.39 is 42.1 Å². The highest BCUT2D eigenvalue weighted by atomic mass is 19.4. The molecule has 0 radical (unpaired) electrons. The standard InChI is InChI=1S/C24H39F6N3O/c1-22(2,15-16-12-18(23(25,26)27)14-19(13-16)24(28,29)30)32-21(34)20(17-6-4-3-5-7-17)33-10-8-31-9-11-33/h16-20,31H,3-15H2,1-2H3,(H,32,34). The Morgan fingerprint density at radius 1 is 0.912 bits per heavy atom. The first-order chi connectivity index (χ1) is 15.8. The fourth-order valence-electron chi connectivity index (χ4n) is 6.41. The number of halogens is 6. The third-order valence-corrected chi connectivity index (χ3v) is 7.90. The predicted octanol–water partition coefficient (Wildman–Crippen LogP) is 5.28. The Morgan fingerprint density at radius 3 is 1.94 bits per heavy atom. The van der Waals surface area contributed by atoms with Crippen LogP contribution in [-0.2, 0) is 4.79 Å². The number of rotatable bonds is 6. The van der Waals surface area contributed by atoms with Crippen LogP contribution in [0.4, 0.5) is 26.3 Å². The molecule has 3 atom stereocenters. The Labute approximate surface area is 198 Å². The Hall–Kier alpha value is -1.03. The third kappa shape index (κ3) is 7.48. The lowest BCUT2D eigenvalue weighted by Crippen LogP contribution is -2.60. The van der Waals surface area contributed by atoms with Gasteiger partial charge >= 0.3 is 12.4 Å². The van der Waals surface area contributed by atoms with Crippen molar-refractivity contribution in [1.82, 2.24) is 15.5 Å². The lowest BCUT2D eigenvalue weighted by molar-refractivity contribution is -0.229. The van der Waals surface area contributed by atoms with Crippen molar-refractivity contribution in [2.75, 3.05) is 26.2 Å². The minimum atomic E-state index is -4.65. The summed E-state index contributed by atoms with van der Waals surface area (Å²) >= 11 is 0. The van der Waals surface area contributed by atoms with Crippen LogP contribution in [0.5, 0.6) is 0 Å². The maximum Gasteiger partial charge on any atom is 0.391 e. The van der Waals surface area contributed by atoms with Crippen molar-refractivity contribution in [3.05, 3.63) is 0 Å². The maximum atomic E-state index is 13.5. The first kappa shape index (κ1) is 27.6. The molecule has 3 fully saturated rings. The lowest BCUT2D eigenvalue weighted by atomic mass is 9.71. The number of amides is 1. The van der Waals surface area contributed by atoms with Gasteiger partial charge in [-0.25, -0.2) is 0 Å². The van der Waals surface area contributed by atoms with Gasteiger partial charge < -0.3 is 10.6 Å². The van der Waals surface area contributed by atoms with Crippen LogP contribution in [-0.4, -0.2) is 60.9 Å². The molecule has 0 aromatic carbocycles. The van der Waals surface area contributed by atoms with Crippen LogP contribution < -0.4 is 10.6 Å². The van der Waals surface area contributed by atoms with Crippen LogP contribution in [0.25, 0.3) is 0 Å². The molecule has 0 aromatic heterocycles. The van der Waals surface area contributed by atoms with E-state index in [1.807, 2.05) is 0 Å². The van der Waals surface area contributed by atoms with Gasteiger partial charge in [-0.3, -0.25) is 9.69 Å². The molecule has 3 unspecified atom stereocenters. The average molecular weight is 500 g/mol. The largest absolute Gasteiger partial charge is 0.391 e. The zero-order chi connectivity index (χ0) is 25.1. The molecule has 1 aliphatic heterocycles. The number of nitrogens with one attached hydrogen (secondary N) is 2. The molecule has 198 valence electrons. The topological polar surface area (TPSA) is 44.4 Å². The van der Waals surface area contributed by atoms with Crippen LogP contribution in [0.3, 0.4) is 0 Å². The SMILES string of the molecule is CC(C)(CC1CC(C(F)(F)F)CC(C(F)(F)F)C1)NC(=O)C(C1CCCCC1)N1CCNCC1. The molecule has 34 heavy (non-hydrogen) atoms. The van der Waals surface area contributed by atoms with E-state index in [1.165, 1.54) is 0 Å². The van der Waals surface area contributed by atoms with Crippen molar-refractivity contribution in [3.8, 4) is 0 Å². The Kier molecular flexibility index (Phi) is 8.86. The molecule has 10 heteroatoms. The summed E-state index contributed by atoms with van der Waals surface area (Å²) in [5.74, 6) is -4.59. The molecule has 1 amide bonds. The second-order valence-corrected chi connectivity index (χ2v) is 11.3. The second-order valence-electron chi connectivity index (χ2n) is 11.3. The number of nitrogens with zero attached hydrogens (tertiary/aromatic N) is 1. The van der Waals surface area contributed by atoms with Crippen LogP contribution in [0.15, 0.2) is 0 Å². The molecule has 3 aliphatic rings. The number of piperazine rings is 1. The van der Waals surface area contributed by atoms with Gasteiger partial charge in [0.25, 0.3) is 0 Å². The van der Waals surface area contributed by atoms with Gasteiger partial charge in [0.1, 0.15) is 0 Å². The van der Waals surface area contributed by atoms with Gasteiger partial charge in [-0.2, -0.15) is 26.3 Å². The quantitative estimate of drug-likeness (QED) is 0.489. The van der Waals surface area contributed by atoms with Crippen LogP contribution in [0.1, 0.15) is 71.6 Å². The monoisotopic (exact) mass is 499 g/mol. The third-order valence-electron chi connectivity index (χ3n) is 7.90. The van der Waals surface area contributed by atoms with Crippen molar-refractivity contribution in [2.45, 2.75) is 95.6 Å². The Morgan fingerprint density at radius 2 is 1.44 bits per heavy atom. The fourth-order valence-corrected chi connectivity index (χ4v) is 6.41. The highest BCUT2D eigenvalue weighted by molar-refractivity contribution is 5.82. The molecule has 3 rings (SSSR count). The number of alkyl halides is 6. The molecule has 1 saturated heterocycles. The highest BCUT2D eigenvalue weighted by Gasteiger charge is 2.52. The molecule has 2 saturated carbocycles. The van der Waals surface area contributed by atoms with Crippen LogP contribution in [0, 0.1) is 23.7 Å². The lowest BCUT2D eigenvalue weighted by Gasteiger charge is -2.43. The highest BCUT2D eigenvalue weighted by Crippen LogP contribution is 2.49. The number of carbonyl (C=O) groups excluding carboxylic acids is 1. The molecule has 4 nitrogen and oxygen atoms in total. The molecule has 2 aliphatic carbocycles.